The van der Waals surface area contributed by atoms with Crippen LogP contribution >= 0.6 is 0 Å². The smallest absolute Gasteiger partial charge is 0.274 e. The molecule has 3 N–H and O–H groups in total. The summed E-state index contributed by atoms with van der Waals surface area (Å²) in [7, 11) is 0. The molecule has 0 aromatic heterocycles. The zero-order chi connectivity index (χ0) is 20.9. The molecule has 1 heterocycles. The fourth-order valence-corrected chi connectivity index (χ4v) is 3.81. The second kappa shape index (κ2) is 8.80. The summed E-state index contributed by atoms with van der Waals surface area (Å²) in [5.41, 5.74) is 5.96. The van der Waals surface area contributed by atoms with Gasteiger partial charge < -0.3 is 10.2 Å². The van der Waals surface area contributed by atoms with Crippen LogP contribution in [0.3, 0.4) is 0 Å². The molecule has 0 aliphatic carbocycles. The van der Waals surface area contributed by atoms with E-state index in [2.05, 4.69) is 22.3 Å². The van der Waals surface area contributed by atoms with Gasteiger partial charge in [-0.2, -0.15) is 0 Å². The second-order valence-corrected chi connectivity index (χ2v) is 7.31. The van der Waals surface area contributed by atoms with Gasteiger partial charge in [-0.05, 0) is 48.2 Å². The minimum Gasteiger partial charge on any atom is -0.353 e. The quantitative estimate of drug-likeness (QED) is 0.434. The molecule has 2 amide bonds. The van der Waals surface area contributed by atoms with Gasteiger partial charge in [-0.1, -0.05) is 54.6 Å². The Balaban J connectivity index is 1.60. The molecule has 0 bridgehead atoms. The standard InChI is InChI=1S/C24H23N3O3/c28-23(26-30)19-13-10-18(11-14-19)16-27-21-9-5-4-8-20(21)25-24(29)22(27)15-12-17-6-2-1-3-7-17/h1-11,13-14,22,30H,12,15-16H2,(H,25,29)(H,26,28)/t22-/m1/s1. The van der Waals surface area contributed by atoms with Crippen LogP contribution in [-0.2, 0) is 17.8 Å². The summed E-state index contributed by atoms with van der Waals surface area (Å²) in [6.07, 6.45) is 1.49. The number of hydrogen-bond donors (Lipinski definition) is 3. The first-order valence-corrected chi connectivity index (χ1v) is 9.89. The highest BCUT2D eigenvalue weighted by atomic mass is 16.5. The molecule has 6 heteroatoms. The predicted molar refractivity (Wildman–Crippen MR) is 116 cm³/mol. The van der Waals surface area contributed by atoms with Crippen LogP contribution in [0.2, 0.25) is 0 Å². The van der Waals surface area contributed by atoms with Crippen molar-refractivity contribution in [2.24, 2.45) is 0 Å². The van der Waals surface area contributed by atoms with Crippen molar-refractivity contribution in [1.29, 1.82) is 0 Å². The number of carbonyl (C=O) groups excluding carboxylic acids is 2. The van der Waals surface area contributed by atoms with E-state index >= 15 is 0 Å². The molecule has 3 aromatic carbocycles. The van der Waals surface area contributed by atoms with Crippen molar-refractivity contribution >= 4 is 23.2 Å². The first-order chi connectivity index (χ1) is 14.7. The average Bonchev–Trinajstić information content (AvgIpc) is 2.79. The Hall–Kier alpha value is -3.64. The third-order valence-corrected chi connectivity index (χ3v) is 5.37. The number of nitrogens with one attached hydrogen (secondary N) is 2. The predicted octanol–water partition coefficient (Wildman–Crippen LogP) is 3.77. The van der Waals surface area contributed by atoms with E-state index in [0.717, 1.165) is 23.4 Å². The maximum absolute atomic E-state index is 12.9. The van der Waals surface area contributed by atoms with Gasteiger partial charge in [0.2, 0.25) is 5.91 Å². The van der Waals surface area contributed by atoms with Gasteiger partial charge in [0, 0.05) is 12.1 Å². The van der Waals surface area contributed by atoms with Crippen molar-refractivity contribution in [3.63, 3.8) is 0 Å². The lowest BCUT2D eigenvalue weighted by atomic mass is 9.99. The molecule has 6 nitrogen and oxygen atoms in total. The van der Waals surface area contributed by atoms with E-state index in [0.29, 0.717) is 18.5 Å². The molecule has 4 rings (SSSR count). The van der Waals surface area contributed by atoms with Crippen LogP contribution in [0, 0.1) is 0 Å². The molecule has 3 aromatic rings. The molecular formula is C24H23N3O3. The summed E-state index contributed by atoms with van der Waals surface area (Å²) >= 11 is 0. The summed E-state index contributed by atoms with van der Waals surface area (Å²) in [4.78, 5) is 26.6. The normalized spacial score (nSPS) is 15.3. The van der Waals surface area contributed by atoms with Gasteiger partial charge in [0.05, 0.1) is 11.4 Å². The van der Waals surface area contributed by atoms with Crippen LogP contribution in [-0.4, -0.2) is 23.1 Å². The van der Waals surface area contributed by atoms with Gasteiger partial charge in [0.25, 0.3) is 5.91 Å². The van der Waals surface area contributed by atoms with Gasteiger partial charge in [0.1, 0.15) is 6.04 Å². The van der Waals surface area contributed by atoms with Crippen molar-refractivity contribution in [2.75, 3.05) is 10.2 Å². The van der Waals surface area contributed by atoms with Crippen molar-refractivity contribution in [3.8, 4) is 0 Å². The van der Waals surface area contributed by atoms with Gasteiger partial charge in [-0.25, -0.2) is 5.48 Å². The maximum Gasteiger partial charge on any atom is 0.274 e. The number of aryl methyl sites for hydroxylation is 1. The Bertz CT molecular complexity index is 1040. The molecule has 152 valence electrons. The summed E-state index contributed by atoms with van der Waals surface area (Å²) in [5.74, 6) is -0.564. The summed E-state index contributed by atoms with van der Waals surface area (Å²) in [6, 6.07) is 24.6. The molecule has 0 unspecified atom stereocenters. The van der Waals surface area contributed by atoms with Crippen molar-refractivity contribution in [1.82, 2.24) is 5.48 Å². The first kappa shape index (κ1) is 19.7. The van der Waals surface area contributed by atoms with Crippen molar-refractivity contribution in [2.45, 2.75) is 25.4 Å². The zero-order valence-electron chi connectivity index (χ0n) is 16.4. The van der Waals surface area contributed by atoms with E-state index in [1.807, 2.05) is 54.6 Å². The number of hydrogen-bond acceptors (Lipinski definition) is 4. The number of nitrogens with zero attached hydrogens (tertiary/aromatic N) is 1. The number of amides is 2. The average molecular weight is 401 g/mol. The second-order valence-electron chi connectivity index (χ2n) is 7.31. The zero-order valence-corrected chi connectivity index (χ0v) is 16.4. The van der Waals surface area contributed by atoms with E-state index in [1.165, 1.54) is 5.56 Å². The largest absolute Gasteiger partial charge is 0.353 e. The molecule has 0 spiro atoms. The number of carbonyl (C=O) groups is 2. The number of anilines is 2. The highest BCUT2D eigenvalue weighted by Gasteiger charge is 2.32. The van der Waals surface area contributed by atoms with E-state index in [9.17, 15) is 9.59 Å². The van der Waals surface area contributed by atoms with E-state index in [4.69, 9.17) is 5.21 Å². The molecule has 0 saturated heterocycles. The topological polar surface area (TPSA) is 81.7 Å². The monoisotopic (exact) mass is 401 g/mol. The third kappa shape index (κ3) is 4.18. The number of para-hydroxylation sites is 2. The lowest BCUT2D eigenvalue weighted by molar-refractivity contribution is -0.117. The van der Waals surface area contributed by atoms with Gasteiger partial charge >= 0.3 is 0 Å². The van der Waals surface area contributed by atoms with Gasteiger partial charge in [0.15, 0.2) is 0 Å². The number of rotatable bonds is 6. The Labute approximate surface area is 175 Å². The fourth-order valence-electron chi connectivity index (χ4n) is 3.81. The maximum atomic E-state index is 12.9. The highest BCUT2D eigenvalue weighted by molar-refractivity contribution is 6.03. The highest BCUT2D eigenvalue weighted by Crippen LogP contribution is 2.34. The number of benzene rings is 3. The Morgan fingerprint density at radius 2 is 1.63 bits per heavy atom. The number of hydroxylamine groups is 1. The minimum absolute atomic E-state index is 0.0130. The van der Waals surface area contributed by atoms with Crippen molar-refractivity contribution in [3.05, 3.63) is 95.6 Å². The fraction of sp³-hybridized carbons (Fsp3) is 0.167. The van der Waals surface area contributed by atoms with E-state index in [1.54, 1.807) is 17.6 Å². The van der Waals surface area contributed by atoms with Crippen LogP contribution in [0.5, 0.6) is 0 Å². The van der Waals surface area contributed by atoms with E-state index in [-0.39, 0.29) is 11.9 Å². The molecule has 1 aliphatic heterocycles. The Morgan fingerprint density at radius 3 is 2.37 bits per heavy atom. The lowest BCUT2D eigenvalue weighted by Crippen LogP contribution is -2.48. The van der Waals surface area contributed by atoms with Crippen LogP contribution < -0.4 is 15.7 Å². The minimum atomic E-state index is -0.551. The van der Waals surface area contributed by atoms with Gasteiger partial charge in [-0.15, -0.1) is 0 Å². The summed E-state index contributed by atoms with van der Waals surface area (Å²) < 4.78 is 0. The Morgan fingerprint density at radius 1 is 0.933 bits per heavy atom. The van der Waals surface area contributed by atoms with Crippen molar-refractivity contribution < 1.29 is 14.8 Å². The molecule has 30 heavy (non-hydrogen) atoms. The molecule has 0 saturated carbocycles. The first-order valence-electron chi connectivity index (χ1n) is 9.89. The lowest BCUT2D eigenvalue weighted by Gasteiger charge is -2.38. The van der Waals surface area contributed by atoms with Crippen LogP contribution in [0.1, 0.15) is 27.9 Å². The molecule has 0 fully saturated rings. The third-order valence-electron chi connectivity index (χ3n) is 5.37. The van der Waals surface area contributed by atoms with Crippen LogP contribution in [0.25, 0.3) is 0 Å². The Kier molecular flexibility index (Phi) is 5.77. The van der Waals surface area contributed by atoms with E-state index < -0.39 is 5.91 Å². The molecular weight excluding hydrogens is 378 g/mol. The molecule has 0 radical (unpaired) electrons. The van der Waals surface area contributed by atoms with Crippen LogP contribution in [0.4, 0.5) is 11.4 Å². The van der Waals surface area contributed by atoms with Crippen LogP contribution in [0.15, 0.2) is 78.9 Å². The number of fused-ring (bicyclic) bond motifs is 1. The molecule has 1 atom stereocenters. The summed E-state index contributed by atoms with van der Waals surface area (Å²) in [5, 5.41) is 11.8. The molecule has 1 aliphatic rings. The van der Waals surface area contributed by atoms with Gasteiger partial charge in [-0.3, -0.25) is 14.8 Å². The SMILES string of the molecule is O=C(NO)c1ccc(CN2c3ccccc3NC(=O)[C@H]2CCc2ccccc2)cc1. The summed E-state index contributed by atoms with van der Waals surface area (Å²) in [6.45, 7) is 0.533.